The summed E-state index contributed by atoms with van der Waals surface area (Å²) in [7, 11) is 0. The molecule has 0 aromatic heterocycles. The molecule has 0 saturated carbocycles. The van der Waals surface area contributed by atoms with E-state index >= 15 is 0 Å². The van der Waals surface area contributed by atoms with Crippen molar-refractivity contribution in [3.8, 4) is 0 Å². The number of hydrogen-bond acceptors (Lipinski definition) is 2. The maximum absolute atomic E-state index is 12.7. The van der Waals surface area contributed by atoms with Crippen molar-refractivity contribution in [3.05, 3.63) is 28.8 Å². The lowest BCUT2D eigenvalue weighted by molar-refractivity contribution is -0.137. The summed E-state index contributed by atoms with van der Waals surface area (Å²) < 4.78 is 38.0. The zero-order chi connectivity index (χ0) is 14.5. The number of likely N-dealkylation sites (N-methyl/N-ethyl adjacent to an activating group) is 1. The standard InChI is InChI=1S/C13H18ClF3N2/c1-3-19(4-2)8-7-18-10-5-6-12(14)11(9-10)13(15,16)17/h5-6,9,18H,3-4,7-8H2,1-2H3. The highest BCUT2D eigenvalue weighted by Gasteiger charge is 2.33. The van der Waals surface area contributed by atoms with Crippen molar-refractivity contribution in [1.29, 1.82) is 0 Å². The summed E-state index contributed by atoms with van der Waals surface area (Å²) in [4.78, 5) is 2.19. The molecule has 0 radical (unpaired) electrons. The Morgan fingerprint density at radius 2 is 1.84 bits per heavy atom. The molecule has 0 saturated heterocycles. The number of halogens is 4. The Kier molecular flexibility index (Phi) is 5.94. The molecule has 0 spiro atoms. The van der Waals surface area contributed by atoms with Crippen LogP contribution >= 0.6 is 11.6 Å². The van der Waals surface area contributed by atoms with Crippen molar-refractivity contribution in [2.75, 3.05) is 31.5 Å². The Morgan fingerprint density at radius 1 is 1.21 bits per heavy atom. The quantitative estimate of drug-likeness (QED) is 0.849. The van der Waals surface area contributed by atoms with Crippen LogP contribution in [0.1, 0.15) is 19.4 Å². The fraction of sp³-hybridized carbons (Fsp3) is 0.538. The van der Waals surface area contributed by atoms with Gasteiger partial charge in [-0.15, -0.1) is 0 Å². The molecular weight excluding hydrogens is 277 g/mol. The van der Waals surface area contributed by atoms with Crippen LogP contribution in [0.15, 0.2) is 18.2 Å². The minimum absolute atomic E-state index is 0.276. The summed E-state index contributed by atoms with van der Waals surface area (Å²) in [6.07, 6.45) is -4.42. The van der Waals surface area contributed by atoms with Crippen LogP contribution in [0.4, 0.5) is 18.9 Å². The maximum Gasteiger partial charge on any atom is 0.417 e. The Hall–Kier alpha value is -0.940. The second-order valence-corrected chi connectivity index (χ2v) is 4.55. The molecule has 0 aliphatic heterocycles. The van der Waals surface area contributed by atoms with Gasteiger partial charge in [-0.05, 0) is 31.3 Å². The first-order valence-corrected chi connectivity index (χ1v) is 6.59. The van der Waals surface area contributed by atoms with Crippen molar-refractivity contribution in [2.45, 2.75) is 20.0 Å². The predicted molar refractivity (Wildman–Crippen MR) is 72.7 cm³/mol. The lowest BCUT2D eigenvalue weighted by Gasteiger charge is -2.19. The van der Waals surface area contributed by atoms with Crippen molar-refractivity contribution in [1.82, 2.24) is 4.90 Å². The third kappa shape index (κ3) is 4.91. The average Bonchev–Trinajstić information content (AvgIpc) is 2.35. The first-order chi connectivity index (χ1) is 8.88. The van der Waals surface area contributed by atoms with Crippen LogP contribution in [-0.2, 0) is 6.18 Å². The lowest BCUT2D eigenvalue weighted by Crippen LogP contribution is -2.28. The van der Waals surface area contributed by atoms with E-state index in [1.54, 1.807) is 6.07 Å². The SMILES string of the molecule is CCN(CC)CCNc1ccc(Cl)c(C(F)(F)F)c1. The second kappa shape index (κ2) is 7.01. The van der Waals surface area contributed by atoms with Gasteiger partial charge in [0.25, 0.3) is 0 Å². The number of nitrogens with one attached hydrogen (secondary N) is 1. The molecule has 19 heavy (non-hydrogen) atoms. The van der Waals surface area contributed by atoms with Crippen molar-refractivity contribution >= 4 is 17.3 Å². The average molecular weight is 295 g/mol. The van der Waals surface area contributed by atoms with Crippen molar-refractivity contribution < 1.29 is 13.2 Å². The molecular formula is C13H18ClF3N2. The fourth-order valence-electron chi connectivity index (χ4n) is 1.75. The molecule has 0 unspecified atom stereocenters. The van der Waals surface area contributed by atoms with Crippen LogP contribution in [-0.4, -0.2) is 31.1 Å². The van der Waals surface area contributed by atoms with Gasteiger partial charge in [0.15, 0.2) is 0 Å². The molecule has 2 nitrogen and oxygen atoms in total. The minimum Gasteiger partial charge on any atom is -0.384 e. The fourth-order valence-corrected chi connectivity index (χ4v) is 1.98. The van der Waals surface area contributed by atoms with Crippen LogP contribution in [0.2, 0.25) is 5.02 Å². The minimum atomic E-state index is -4.42. The smallest absolute Gasteiger partial charge is 0.384 e. The number of anilines is 1. The van der Waals surface area contributed by atoms with Crippen LogP contribution in [0, 0.1) is 0 Å². The summed E-state index contributed by atoms with van der Waals surface area (Å²) in [5.41, 5.74) is -0.370. The molecule has 0 aliphatic rings. The summed E-state index contributed by atoms with van der Waals surface area (Å²) in [6, 6.07) is 3.87. The van der Waals surface area contributed by atoms with E-state index in [1.807, 2.05) is 13.8 Å². The van der Waals surface area contributed by atoms with Crippen LogP contribution in [0.5, 0.6) is 0 Å². The Bertz CT molecular complexity index is 403. The topological polar surface area (TPSA) is 15.3 Å². The third-order valence-corrected chi connectivity index (χ3v) is 3.25. The van der Waals surface area contributed by atoms with E-state index in [9.17, 15) is 13.2 Å². The Labute approximate surface area is 116 Å². The molecule has 1 aromatic rings. The number of benzene rings is 1. The molecule has 0 amide bonds. The summed E-state index contributed by atoms with van der Waals surface area (Å²) in [6.45, 7) is 7.33. The van der Waals surface area contributed by atoms with Crippen LogP contribution in [0.25, 0.3) is 0 Å². The third-order valence-electron chi connectivity index (χ3n) is 2.92. The monoisotopic (exact) mass is 294 g/mol. The van der Waals surface area contributed by atoms with Gasteiger partial charge in [-0.25, -0.2) is 0 Å². The summed E-state index contributed by atoms with van der Waals surface area (Å²) >= 11 is 5.55. The molecule has 6 heteroatoms. The predicted octanol–water partition coefficient (Wildman–Crippen LogP) is 4.11. The number of nitrogens with zero attached hydrogens (tertiary/aromatic N) is 1. The van der Waals surface area contributed by atoms with E-state index < -0.39 is 11.7 Å². The van der Waals surface area contributed by atoms with Gasteiger partial charge in [0, 0.05) is 18.8 Å². The number of alkyl halides is 3. The van der Waals surface area contributed by atoms with Crippen molar-refractivity contribution in [2.24, 2.45) is 0 Å². The van der Waals surface area contributed by atoms with E-state index in [4.69, 9.17) is 11.6 Å². The summed E-state index contributed by atoms with van der Waals surface area (Å²) in [5, 5.41) is 2.71. The van der Waals surface area contributed by atoms with Gasteiger partial charge in [-0.3, -0.25) is 0 Å². The highest BCUT2D eigenvalue weighted by atomic mass is 35.5. The molecule has 0 aliphatic carbocycles. The zero-order valence-electron chi connectivity index (χ0n) is 11.0. The molecule has 0 atom stereocenters. The molecule has 1 rings (SSSR count). The normalized spacial score (nSPS) is 11.9. The first kappa shape index (κ1) is 16.1. The highest BCUT2D eigenvalue weighted by Crippen LogP contribution is 2.36. The van der Waals surface area contributed by atoms with E-state index in [-0.39, 0.29) is 5.02 Å². The van der Waals surface area contributed by atoms with Crippen molar-refractivity contribution in [3.63, 3.8) is 0 Å². The lowest BCUT2D eigenvalue weighted by atomic mass is 10.2. The van der Waals surface area contributed by atoms with E-state index in [2.05, 4.69) is 10.2 Å². The van der Waals surface area contributed by atoms with Gasteiger partial charge in [-0.2, -0.15) is 13.2 Å². The first-order valence-electron chi connectivity index (χ1n) is 6.21. The molecule has 0 heterocycles. The van der Waals surface area contributed by atoms with Gasteiger partial charge >= 0.3 is 6.18 Å². The number of rotatable bonds is 6. The molecule has 108 valence electrons. The molecule has 1 aromatic carbocycles. The zero-order valence-corrected chi connectivity index (χ0v) is 11.8. The van der Waals surface area contributed by atoms with Gasteiger partial charge in [-0.1, -0.05) is 25.4 Å². The number of hydrogen-bond donors (Lipinski definition) is 1. The van der Waals surface area contributed by atoms with Gasteiger partial charge in [0.1, 0.15) is 0 Å². The van der Waals surface area contributed by atoms with E-state index in [0.29, 0.717) is 12.2 Å². The van der Waals surface area contributed by atoms with E-state index in [0.717, 1.165) is 25.7 Å². The van der Waals surface area contributed by atoms with Gasteiger partial charge in [0.2, 0.25) is 0 Å². The van der Waals surface area contributed by atoms with E-state index in [1.165, 1.54) is 6.07 Å². The molecule has 0 bridgehead atoms. The Morgan fingerprint density at radius 3 is 2.37 bits per heavy atom. The van der Waals surface area contributed by atoms with Gasteiger partial charge < -0.3 is 10.2 Å². The maximum atomic E-state index is 12.7. The summed E-state index contributed by atoms with van der Waals surface area (Å²) in [5.74, 6) is 0. The van der Waals surface area contributed by atoms with Gasteiger partial charge in [0.05, 0.1) is 10.6 Å². The molecule has 1 N–H and O–H groups in total. The second-order valence-electron chi connectivity index (χ2n) is 4.15. The Balaban J connectivity index is 2.65. The van der Waals surface area contributed by atoms with Crippen LogP contribution in [0.3, 0.4) is 0 Å². The molecule has 0 fully saturated rings. The highest BCUT2D eigenvalue weighted by molar-refractivity contribution is 6.31. The largest absolute Gasteiger partial charge is 0.417 e. The van der Waals surface area contributed by atoms with Crippen LogP contribution < -0.4 is 5.32 Å².